The van der Waals surface area contributed by atoms with E-state index in [4.69, 9.17) is 0 Å². The molecule has 0 radical (unpaired) electrons. The van der Waals surface area contributed by atoms with Gasteiger partial charge in [0.25, 0.3) is 5.91 Å². The average Bonchev–Trinajstić information content (AvgIpc) is 2.45. The van der Waals surface area contributed by atoms with Crippen LogP contribution in [0.5, 0.6) is 0 Å². The van der Waals surface area contributed by atoms with Crippen LogP contribution in [0.3, 0.4) is 0 Å². The summed E-state index contributed by atoms with van der Waals surface area (Å²) < 4.78 is 0. The molecule has 1 heterocycles. The van der Waals surface area contributed by atoms with Crippen LogP contribution in [-0.2, 0) is 4.79 Å². The summed E-state index contributed by atoms with van der Waals surface area (Å²) in [5.74, 6) is 5.32. The Morgan fingerprint density at radius 1 is 1.32 bits per heavy atom. The fourth-order valence-corrected chi connectivity index (χ4v) is 2.20. The Balaban J connectivity index is 1.83. The van der Waals surface area contributed by atoms with Gasteiger partial charge < -0.3 is 10.6 Å². The lowest BCUT2D eigenvalue weighted by atomic mass is 9.81. The summed E-state index contributed by atoms with van der Waals surface area (Å²) in [6.07, 6.45) is 2.19. The largest absolute Gasteiger partial charge is 0.345 e. The SMILES string of the molecule is CC1(CNC(=O)C#Cc2ccccc2)CCNCC1. The minimum absolute atomic E-state index is 0.191. The average molecular weight is 256 g/mol. The fourth-order valence-electron chi connectivity index (χ4n) is 2.20. The van der Waals surface area contributed by atoms with Crippen molar-refractivity contribution in [2.75, 3.05) is 19.6 Å². The van der Waals surface area contributed by atoms with E-state index in [0.717, 1.165) is 31.5 Å². The zero-order valence-electron chi connectivity index (χ0n) is 11.3. The van der Waals surface area contributed by atoms with E-state index in [0.29, 0.717) is 6.54 Å². The molecule has 0 unspecified atom stereocenters. The molecule has 0 saturated carbocycles. The van der Waals surface area contributed by atoms with Crippen LogP contribution >= 0.6 is 0 Å². The smallest absolute Gasteiger partial charge is 0.296 e. The third kappa shape index (κ3) is 4.42. The van der Waals surface area contributed by atoms with E-state index in [9.17, 15) is 4.79 Å². The van der Waals surface area contributed by atoms with Crippen LogP contribution < -0.4 is 10.6 Å². The Labute approximate surface area is 114 Å². The van der Waals surface area contributed by atoms with Crippen LogP contribution in [0.1, 0.15) is 25.3 Å². The van der Waals surface area contributed by atoms with E-state index in [-0.39, 0.29) is 11.3 Å². The van der Waals surface area contributed by atoms with Crippen molar-refractivity contribution < 1.29 is 4.79 Å². The molecule has 1 aromatic carbocycles. The number of carbonyl (C=O) groups excluding carboxylic acids is 1. The van der Waals surface area contributed by atoms with Gasteiger partial charge in [0, 0.05) is 18.0 Å². The second kappa shape index (κ2) is 6.40. The third-order valence-electron chi connectivity index (χ3n) is 3.58. The van der Waals surface area contributed by atoms with Gasteiger partial charge in [-0.3, -0.25) is 4.79 Å². The molecule has 3 heteroatoms. The first kappa shape index (κ1) is 13.6. The summed E-state index contributed by atoms with van der Waals surface area (Å²) in [6, 6.07) is 9.56. The number of benzene rings is 1. The van der Waals surface area contributed by atoms with Gasteiger partial charge in [-0.05, 0) is 43.5 Å². The van der Waals surface area contributed by atoms with E-state index in [2.05, 4.69) is 29.4 Å². The monoisotopic (exact) mass is 256 g/mol. The van der Waals surface area contributed by atoms with E-state index in [1.165, 1.54) is 0 Å². The molecule has 2 N–H and O–H groups in total. The maximum absolute atomic E-state index is 11.7. The molecule has 100 valence electrons. The number of hydrogen-bond acceptors (Lipinski definition) is 2. The minimum atomic E-state index is -0.191. The molecule has 1 amide bonds. The number of piperidine rings is 1. The Morgan fingerprint density at radius 2 is 2.00 bits per heavy atom. The molecule has 0 atom stereocenters. The molecule has 1 saturated heterocycles. The van der Waals surface area contributed by atoms with E-state index in [1.54, 1.807) is 0 Å². The van der Waals surface area contributed by atoms with Crippen molar-refractivity contribution in [1.82, 2.24) is 10.6 Å². The standard InChI is InChI=1S/C16H20N2O/c1-16(9-11-17-12-10-16)13-18-15(19)8-7-14-5-3-2-4-6-14/h2-6,17H,9-13H2,1H3,(H,18,19). The van der Waals surface area contributed by atoms with Crippen molar-refractivity contribution in [3.05, 3.63) is 35.9 Å². The highest BCUT2D eigenvalue weighted by molar-refractivity contribution is 5.94. The summed E-state index contributed by atoms with van der Waals surface area (Å²) >= 11 is 0. The number of amides is 1. The first-order valence-corrected chi connectivity index (χ1v) is 6.74. The molecule has 1 aliphatic rings. The molecular formula is C16H20N2O. The molecule has 0 spiro atoms. The zero-order chi connectivity index (χ0) is 13.6. The van der Waals surface area contributed by atoms with Gasteiger partial charge in [0.15, 0.2) is 0 Å². The van der Waals surface area contributed by atoms with Crippen LogP contribution in [0.15, 0.2) is 30.3 Å². The first-order valence-electron chi connectivity index (χ1n) is 6.74. The zero-order valence-corrected chi connectivity index (χ0v) is 11.3. The molecule has 0 bridgehead atoms. The number of hydrogen-bond donors (Lipinski definition) is 2. The quantitative estimate of drug-likeness (QED) is 0.788. The van der Waals surface area contributed by atoms with Gasteiger partial charge in [-0.25, -0.2) is 0 Å². The summed E-state index contributed by atoms with van der Waals surface area (Å²) in [7, 11) is 0. The molecule has 1 aromatic rings. The van der Waals surface area contributed by atoms with Gasteiger partial charge in [-0.15, -0.1) is 0 Å². The minimum Gasteiger partial charge on any atom is -0.345 e. The Kier molecular flexibility index (Phi) is 4.59. The van der Waals surface area contributed by atoms with Crippen molar-refractivity contribution in [3.63, 3.8) is 0 Å². The van der Waals surface area contributed by atoms with E-state index < -0.39 is 0 Å². The maximum atomic E-state index is 11.7. The van der Waals surface area contributed by atoms with Gasteiger partial charge in [0.05, 0.1) is 0 Å². The lowest BCUT2D eigenvalue weighted by Crippen LogP contribution is -2.42. The predicted molar refractivity (Wildman–Crippen MR) is 76.5 cm³/mol. The Morgan fingerprint density at radius 3 is 2.68 bits per heavy atom. The van der Waals surface area contributed by atoms with Gasteiger partial charge in [-0.1, -0.05) is 31.0 Å². The van der Waals surface area contributed by atoms with Gasteiger partial charge in [0.2, 0.25) is 0 Å². The Hall–Kier alpha value is -1.79. The van der Waals surface area contributed by atoms with Crippen LogP contribution in [0.4, 0.5) is 0 Å². The normalized spacial score (nSPS) is 17.1. The van der Waals surface area contributed by atoms with Gasteiger partial charge in [0.1, 0.15) is 0 Å². The maximum Gasteiger partial charge on any atom is 0.296 e. The first-order chi connectivity index (χ1) is 9.18. The van der Waals surface area contributed by atoms with Crippen LogP contribution in [0.2, 0.25) is 0 Å². The van der Waals surface area contributed by atoms with Crippen molar-refractivity contribution >= 4 is 5.91 Å². The highest BCUT2D eigenvalue weighted by Gasteiger charge is 2.26. The molecule has 2 rings (SSSR count). The lowest BCUT2D eigenvalue weighted by Gasteiger charge is -2.33. The van der Waals surface area contributed by atoms with Crippen molar-refractivity contribution in [3.8, 4) is 11.8 Å². The molecule has 3 nitrogen and oxygen atoms in total. The Bertz CT molecular complexity index is 478. The molecular weight excluding hydrogens is 236 g/mol. The highest BCUT2D eigenvalue weighted by atomic mass is 16.1. The topological polar surface area (TPSA) is 41.1 Å². The highest BCUT2D eigenvalue weighted by Crippen LogP contribution is 2.26. The molecule has 1 aliphatic heterocycles. The fraction of sp³-hybridized carbons (Fsp3) is 0.438. The molecule has 0 aromatic heterocycles. The summed E-state index contributed by atoms with van der Waals surface area (Å²) in [5.41, 5.74) is 1.07. The summed E-state index contributed by atoms with van der Waals surface area (Å²) in [4.78, 5) is 11.7. The van der Waals surface area contributed by atoms with Crippen molar-refractivity contribution in [1.29, 1.82) is 0 Å². The van der Waals surface area contributed by atoms with Crippen molar-refractivity contribution in [2.45, 2.75) is 19.8 Å². The molecule has 0 aliphatic carbocycles. The number of nitrogens with one attached hydrogen (secondary N) is 2. The lowest BCUT2D eigenvalue weighted by molar-refractivity contribution is -0.116. The second-order valence-electron chi connectivity index (χ2n) is 5.36. The molecule has 1 fully saturated rings. The number of rotatable bonds is 2. The van der Waals surface area contributed by atoms with Crippen molar-refractivity contribution in [2.24, 2.45) is 5.41 Å². The summed E-state index contributed by atoms with van der Waals surface area (Å²) in [6.45, 7) is 4.99. The molecule has 19 heavy (non-hydrogen) atoms. The third-order valence-corrected chi connectivity index (χ3v) is 3.58. The van der Waals surface area contributed by atoms with Gasteiger partial charge >= 0.3 is 0 Å². The second-order valence-corrected chi connectivity index (χ2v) is 5.36. The van der Waals surface area contributed by atoms with E-state index in [1.807, 2.05) is 30.3 Å². The summed E-state index contributed by atoms with van der Waals surface area (Å²) in [5, 5.41) is 6.26. The van der Waals surface area contributed by atoms with Crippen LogP contribution in [0.25, 0.3) is 0 Å². The van der Waals surface area contributed by atoms with Crippen LogP contribution in [-0.4, -0.2) is 25.5 Å². The van der Waals surface area contributed by atoms with E-state index >= 15 is 0 Å². The predicted octanol–water partition coefficient (Wildman–Crippen LogP) is 1.54. The number of carbonyl (C=O) groups is 1. The van der Waals surface area contributed by atoms with Crippen LogP contribution in [0, 0.1) is 17.3 Å². The van der Waals surface area contributed by atoms with Gasteiger partial charge in [-0.2, -0.15) is 0 Å².